The van der Waals surface area contributed by atoms with E-state index < -0.39 is 0 Å². The molecule has 2 heterocycles. The van der Waals surface area contributed by atoms with Crippen molar-refractivity contribution in [3.63, 3.8) is 0 Å². The number of aliphatic hydroxyl groups excluding tert-OH is 1. The van der Waals surface area contributed by atoms with Crippen LogP contribution in [0.4, 0.5) is 0 Å². The molecule has 0 bridgehead atoms. The molecule has 5 heteroatoms. The van der Waals surface area contributed by atoms with Crippen LogP contribution >= 0.6 is 0 Å². The van der Waals surface area contributed by atoms with Crippen LogP contribution in [0.1, 0.15) is 19.4 Å². The van der Waals surface area contributed by atoms with E-state index >= 15 is 0 Å². The van der Waals surface area contributed by atoms with Crippen molar-refractivity contribution in [2.75, 3.05) is 6.61 Å². The highest BCUT2D eigenvalue weighted by Crippen LogP contribution is 2.20. The first kappa shape index (κ1) is 11.7. The molecule has 0 amide bonds. The molecule has 0 unspecified atom stereocenters. The van der Waals surface area contributed by atoms with Crippen molar-refractivity contribution in [1.29, 1.82) is 0 Å². The second kappa shape index (κ2) is 4.63. The zero-order valence-electron chi connectivity index (χ0n) is 10.0. The van der Waals surface area contributed by atoms with Gasteiger partial charge in [-0.2, -0.15) is 5.10 Å². The molecule has 0 fully saturated rings. The largest absolute Gasteiger partial charge is 0.396 e. The molecule has 0 aromatic carbocycles. The van der Waals surface area contributed by atoms with Crippen molar-refractivity contribution in [1.82, 2.24) is 19.7 Å². The number of rotatable bonds is 4. The van der Waals surface area contributed by atoms with Crippen molar-refractivity contribution in [3.8, 4) is 5.82 Å². The summed E-state index contributed by atoms with van der Waals surface area (Å²) in [5.74, 6) is 0.744. The van der Waals surface area contributed by atoms with E-state index in [-0.39, 0.29) is 12.0 Å². The minimum absolute atomic E-state index is 0.115. The molecule has 0 aliphatic rings. The number of aromatic nitrogens is 4. The molecule has 0 atom stereocenters. The Balaban J connectivity index is 2.14. The smallest absolute Gasteiger partial charge is 0.155 e. The van der Waals surface area contributed by atoms with Gasteiger partial charge in [-0.3, -0.25) is 0 Å². The molecule has 0 aliphatic carbocycles. The Hall–Kier alpha value is -1.75. The zero-order chi connectivity index (χ0) is 12.3. The predicted octanol–water partition coefficient (Wildman–Crippen LogP) is 1.22. The number of hydrogen-bond acceptors (Lipinski definition) is 4. The topological polar surface area (TPSA) is 63.8 Å². The summed E-state index contributed by atoms with van der Waals surface area (Å²) in [4.78, 5) is 8.19. The highest BCUT2D eigenvalue weighted by atomic mass is 16.3. The van der Waals surface area contributed by atoms with Gasteiger partial charge in [0.15, 0.2) is 5.82 Å². The highest BCUT2D eigenvalue weighted by molar-refractivity contribution is 5.24. The van der Waals surface area contributed by atoms with Crippen LogP contribution in [-0.4, -0.2) is 31.5 Å². The van der Waals surface area contributed by atoms with Crippen LogP contribution in [0.5, 0.6) is 0 Å². The van der Waals surface area contributed by atoms with E-state index in [4.69, 9.17) is 0 Å². The quantitative estimate of drug-likeness (QED) is 0.861. The van der Waals surface area contributed by atoms with Crippen LogP contribution in [0.2, 0.25) is 0 Å². The van der Waals surface area contributed by atoms with Gasteiger partial charge >= 0.3 is 0 Å². The van der Waals surface area contributed by atoms with Crippen molar-refractivity contribution >= 4 is 0 Å². The lowest BCUT2D eigenvalue weighted by Gasteiger charge is -2.21. The lowest BCUT2D eigenvalue weighted by atomic mass is 9.87. The minimum Gasteiger partial charge on any atom is -0.396 e. The van der Waals surface area contributed by atoms with Gasteiger partial charge in [0.2, 0.25) is 0 Å². The van der Waals surface area contributed by atoms with Gasteiger partial charge in [-0.05, 0) is 23.5 Å². The van der Waals surface area contributed by atoms with Crippen LogP contribution in [0, 0.1) is 5.41 Å². The fraction of sp³-hybridized carbons (Fsp3) is 0.417. The molecule has 1 N–H and O–H groups in total. The van der Waals surface area contributed by atoms with Crippen molar-refractivity contribution < 1.29 is 5.11 Å². The summed E-state index contributed by atoms with van der Waals surface area (Å²) < 4.78 is 1.61. The molecule has 90 valence electrons. The van der Waals surface area contributed by atoms with Gasteiger partial charge in [-0.15, -0.1) is 0 Å². The van der Waals surface area contributed by atoms with E-state index in [9.17, 15) is 5.11 Å². The Labute approximate surface area is 100 Å². The van der Waals surface area contributed by atoms with Gasteiger partial charge in [0.25, 0.3) is 0 Å². The molecule has 0 spiro atoms. The normalized spacial score (nSPS) is 11.7. The summed E-state index contributed by atoms with van der Waals surface area (Å²) >= 11 is 0. The van der Waals surface area contributed by atoms with E-state index in [1.165, 1.54) is 6.33 Å². The lowest BCUT2D eigenvalue weighted by molar-refractivity contribution is 0.159. The number of pyridine rings is 1. The number of hydrogen-bond donors (Lipinski definition) is 1. The average molecular weight is 232 g/mol. The monoisotopic (exact) mass is 232 g/mol. The molecule has 2 aromatic heterocycles. The Kier molecular flexibility index (Phi) is 3.19. The summed E-state index contributed by atoms with van der Waals surface area (Å²) in [5, 5.41) is 13.2. The van der Waals surface area contributed by atoms with Gasteiger partial charge in [0, 0.05) is 12.8 Å². The molecule has 0 radical (unpaired) electrons. The van der Waals surface area contributed by atoms with Gasteiger partial charge in [-0.25, -0.2) is 14.6 Å². The van der Waals surface area contributed by atoms with E-state index in [0.717, 1.165) is 17.8 Å². The summed E-state index contributed by atoms with van der Waals surface area (Å²) in [6, 6.07) is 3.90. The van der Waals surface area contributed by atoms with Gasteiger partial charge < -0.3 is 5.11 Å². The maximum Gasteiger partial charge on any atom is 0.155 e. The first-order valence-electron chi connectivity index (χ1n) is 5.51. The fourth-order valence-electron chi connectivity index (χ4n) is 1.59. The summed E-state index contributed by atoms with van der Waals surface area (Å²) in [6.07, 6.45) is 5.70. The standard InChI is InChI=1S/C12H16N4O/c1-12(2,7-17)5-10-3-4-11(14-6-10)16-9-13-8-15-16/h3-4,6,8-9,17H,5,7H2,1-2H3. The Morgan fingerprint density at radius 2 is 2.18 bits per heavy atom. The summed E-state index contributed by atoms with van der Waals surface area (Å²) in [6.45, 7) is 4.22. The molecular formula is C12H16N4O. The number of aliphatic hydroxyl groups is 1. The third-order valence-corrected chi connectivity index (χ3v) is 2.57. The first-order chi connectivity index (χ1) is 8.11. The van der Waals surface area contributed by atoms with Crippen LogP contribution in [0.25, 0.3) is 5.82 Å². The summed E-state index contributed by atoms with van der Waals surface area (Å²) in [5.41, 5.74) is 0.990. The molecule has 17 heavy (non-hydrogen) atoms. The zero-order valence-corrected chi connectivity index (χ0v) is 10.0. The average Bonchev–Trinajstić information content (AvgIpc) is 2.83. The Morgan fingerprint density at radius 3 is 2.71 bits per heavy atom. The molecule has 0 aliphatic heterocycles. The Bertz CT molecular complexity index is 462. The predicted molar refractivity (Wildman–Crippen MR) is 63.7 cm³/mol. The van der Waals surface area contributed by atoms with E-state index in [1.54, 1.807) is 11.0 Å². The van der Waals surface area contributed by atoms with Crippen LogP contribution in [0.3, 0.4) is 0 Å². The van der Waals surface area contributed by atoms with Crippen molar-refractivity contribution in [3.05, 3.63) is 36.5 Å². The maximum atomic E-state index is 9.22. The third-order valence-electron chi connectivity index (χ3n) is 2.57. The second-order valence-corrected chi connectivity index (χ2v) is 4.86. The highest BCUT2D eigenvalue weighted by Gasteiger charge is 2.17. The molecule has 0 saturated carbocycles. The molecule has 0 saturated heterocycles. The maximum absolute atomic E-state index is 9.22. The third kappa shape index (κ3) is 2.88. The van der Waals surface area contributed by atoms with E-state index in [1.807, 2.05) is 32.2 Å². The van der Waals surface area contributed by atoms with Crippen molar-refractivity contribution in [2.24, 2.45) is 5.41 Å². The SMILES string of the molecule is CC(C)(CO)Cc1ccc(-n2cncn2)nc1. The van der Waals surface area contributed by atoms with Gasteiger partial charge in [-0.1, -0.05) is 19.9 Å². The lowest BCUT2D eigenvalue weighted by Crippen LogP contribution is -2.19. The molecule has 2 rings (SSSR count). The molecular weight excluding hydrogens is 216 g/mol. The van der Waals surface area contributed by atoms with E-state index in [0.29, 0.717) is 0 Å². The second-order valence-electron chi connectivity index (χ2n) is 4.86. The Morgan fingerprint density at radius 1 is 1.35 bits per heavy atom. The van der Waals surface area contributed by atoms with E-state index in [2.05, 4.69) is 15.1 Å². The summed E-state index contributed by atoms with van der Waals surface area (Å²) in [7, 11) is 0. The van der Waals surface area contributed by atoms with Gasteiger partial charge in [0.1, 0.15) is 12.7 Å². The van der Waals surface area contributed by atoms with Gasteiger partial charge in [0.05, 0.1) is 0 Å². The van der Waals surface area contributed by atoms with Crippen molar-refractivity contribution in [2.45, 2.75) is 20.3 Å². The fourth-order valence-corrected chi connectivity index (χ4v) is 1.59. The molecule has 2 aromatic rings. The number of nitrogens with zero attached hydrogens (tertiary/aromatic N) is 4. The van der Waals surface area contributed by atoms with Crippen LogP contribution in [-0.2, 0) is 6.42 Å². The molecule has 5 nitrogen and oxygen atoms in total. The first-order valence-corrected chi connectivity index (χ1v) is 5.51. The van der Waals surface area contributed by atoms with Crippen LogP contribution in [0.15, 0.2) is 31.0 Å². The van der Waals surface area contributed by atoms with Crippen LogP contribution < -0.4 is 0 Å². The minimum atomic E-state index is -0.115.